The Bertz CT molecular complexity index is 468. The van der Waals surface area contributed by atoms with Gasteiger partial charge in [-0.1, -0.05) is 0 Å². The topological polar surface area (TPSA) is 66.6 Å². The molecule has 0 bridgehead atoms. The van der Waals surface area contributed by atoms with Crippen LogP contribution >= 0.6 is 22.6 Å². The van der Waals surface area contributed by atoms with Crippen molar-refractivity contribution >= 4 is 34.0 Å². The molecule has 0 saturated carbocycles. The Balaban J connectivity index is 3.03. The predicted molar refractivity (Wildman–Crippen MR) is 71.2 cm³/mol. The number of nitro groups is 1. The second-order valence-corrected chi connectivity index (χ2v) is 4.82. The van der Waals surface area contributed by atoms with Crippen LogP contribution in [-0.4, -0.2) is 35.9 Å². The number of benzene rings is 1. The minimum Gasteiger partial charge on any atom is -0.395 e. The lowest BCUT2D eigenvalue weighted by Gasteiger charge is -2.25. The van der Waals surface area contributed by atoms with Crippen molar-refractivity contribution in [2.45, 2.75) is 6.18 Å². The summed E-state index contributed by atoms with van der Waals surface area (Å²) in [5.74, 6) is 0. The highest BCUT2D eigenvalue weighted by atomic mass is 127. The van der Waals surface area contributed by atoms with E-state index in [1.165, 1.54) is 12.1 Å². The molecule has 9 heteroatoms. The van der Waals surface area contributed by atoms with Gasteiger partial charge in [-0.05, 0) is 34.7 Å². The monoisotopic (exact) mass is 390 g/mol. The van der Waals surface area contributed by atoms with Gasteiger partial charge in [0.25, 0.3) is 5.69 Å². The van der Waals surface area contributed by atoms with Gasteiger partial charge < -0.3 is 10.0 Å². The van der Waals surface area contributed by atoms with Crippen LogP contribution in [0.25, 0.3) is 0 Å². The van der Waals surface area contributed by atoms with Crippen LogP contribution < -0.4 is 4.90 Å². The number of rotatable bonds is 5. The Hall–Kier alpha value is -1.10. The lowest BCUT2D eigenvalue weighted by molar-refractivity contribution is -0.385. The third-order valence-corrected chi connectivity index (χ3v) is 3.10. The standard InChI is InChI=1S/C10H10F3IN2O3/c11-10(12,13)6-15(3-4-17)7-1-2-9(16(18)19)8(14)5-7/h1-2,5,17H,3-4,6H2. The maximum absolute atomic E-state index is 12.4. The highest BCUT2D eigenvalue weighted by Crippen LogP contribution is 2.28. The van der Waals surface area contributed by atoms with Crippen LogP contribution in [0.3, 0.4) is 0 Å². The summed E-state index contributed by atoms with van der Waals surface area (Å²) in [4.78, 5) is 10.9. The molecule has 0 aliphatic rings. The van der Waals surface area contributed by atoms with E-state index in [1.54, 1.807) is 22.6 Å². The number of halogens is 4. The van der Waals surface area contributed by atoms with Gasteiger partial charge in [0, 0.05) is 18.3 Å². The van der Waals surface area contributed by atoms with E-state index in [2.05, 4.69) is 0 Å². The summed E-state index contributed by atoms with van der Waals surface area (Å²) in [6.07, 6.45) is -4.41. The molecule has 1 rings (SSSR count). The van der Waals surface area contributed by atoms with Gasteiger partial charge in [0.15, 0.2) is 0 Å². The average molecular weight is 390 g/mol. The van der Waals surface area contributed by atoms with E-state index in [0.717, 1.165) is 11.0 Å². The molecule has 0 atom stereocenters. The number of nitro benzene ring substituents is 1. The molecular formula is C10H10F3IN2O3. The van der Waals surface area contributed by atoms with Crippen molar-refractivity contribution in [3.63, 3.8) is 0 Å². The lowest BCUT2D eigenvalue weighted by atomic mass is 10.2. The summed E-state index contributed by atoms with van der Waals surface area (Å²) in [5, 5.41) is 19.4. The molecular weight excluding hydrogens is 380 g/mol. The third kappa shape index (κ3) is 4.82. The summed E-state index contributed by atoms with van der Waals surface area (Å²) in [7, 11) is 0. The largest absolute Gasteiger partial charge is 0.405 e. The normalized spacial score (nSPS) is 11.4. The van der Waals surface area contributed by atoms with Crippen molar-refractivity contribution < 1.29 is 23.2 Å². The molecule has 0 heterocycles. The number of nitrogens with zero attached hydrogens (tertiary/aromatic N) is 2. The van der Waals surface area contributed by atoms with E-state index in [-0.39, 0.29) is 21.5 Å². The van der Waals surface area contributed by atoms with E-state index in [0.29, 0.717) is 0 Å². The summed E-state index contributed by atoms with van der Waals surface area (Å²) in [5.41, 5.74) is 0.0154. The molecule has 0 spiro atoms. The number of anilines is 1. The smallest absolute Gasteiger partial charge is 0.395 e. The maximum atomic E-state index is 12.4. The van der Waals surface area contributed by atoms with Crippen LogP contribution in [0.2, 0.25) is 0 Å². The molecule has 0 saturated heterocycles. The molecule has 0 fully saturated rings. The molecule has 0 unspecified atom stereocenters. The SMILES string of the molecule is O=[N+]([O-])c1ccc(N(CCO)CC(F)(F)F)cc1I. The van der Waals surface area contributed by atoms with Gasteiger partial charge in [-0.2, -0.15) is 13.2 Å². The lowest BCUT2D eigenvalue weighted by Crippen LogP contribution is -2.36. The number of aliphatic hydroxyl groups excluding tert-OH is 1. The molecule has 0 radical (unpaired) electrons. The molecule has 106 valence electrons. The molecule has 19 heavy (non-hydrogen) atoms. The van der Waals surface area contributed by atoms with Gasteiger partial charge in [0.05, 0.1) is 15.1 Å². The molecule has 1 aromatic carbocycles. The second-order valence-electron chi connectivity index (χ2n) is 3.65. The zero-order valence-electron chi connectivity index (χ0n) is 9.52. The number of alkyl halides is 3. The zero-order chi connectivity index (χ0) is 14.6. The van der Waals surface area contributed by atoms with E-state index in [9.17, 15) is 23.3 Å². The zero-order valence-corrected chi connectivity index (χ0v) is 11.7. The molecule has 1 aromatic rings. The molecule has 0 aromatic heterocycles. The average Bonchev–Trinajstić information content (AvgIpc) is 2.26. The quantitative estimate of drug-likeness (QED) is 0.477. The Labute approximate surface area is 120 Å². The fourth-order valence-corrected chi connectivity index (χ4v) is 2.17. The summed E-state index contributed by atoms with van der Waals surface area (Å²) in [6, 6.07) is 3.68. The first-order valence-corrected chi connectivity index (χ1v) is 6.19. The van der Waals surface area contributed by atoms with Gasteiger partial charge in [-0.3, -0.25) is 10.1 Å². The van der Waals surface area contributed by atoms with E-state index in [4.69, 9.17) is 5.11 Å². The minimum atomic E-state index is -4.41. The molecule has 1 N–H and O–H groups in total. The van der Waals surface area contributed by atoms with Crippen LogP contribution in [-0.2, 0) is 0 Å². The summed E-state index contributed by atoms with van der Waals surface area (Å²) in [6.45, 7) is -1.86. The fraction of sp³-hybridized carbons (Fsp3) is 0.400. The van der Waals surface area contributed by atoms with Crippen LogP contribution in [0.1, 0.15) is 0 Å². The Morgan fingerprint density at radius 2 is 2.05 bits per heavy atom. The first-order valence-electron chi connectivity index (χ1n) is 5.11. The summed E-state index contributed by atoms with van der Waals surface area (Å²) < 4.78 is 37.4. The molecule has 0 aliphatic heterocycles. The van der Waals surface area contributed by atoms with Crippen molar-refractivity contribution in [2.24, 2.45) is 0 Å². The maximum Gasteiger partial charge on any atom is 0.405 e. The van der Waals surface area contributed by atoms with E-state index in [1.807, 2.05) is 0 Å². The van der Waals surface area contributed by atoms with Gasteiger partial charge in [-0.25, -0.2) is 0 Å². The van der Waals surface area contributed by atoms with Crippen LogP contribution in [0.4, 0.5) is 24.5 Å². The Morgan fingerprint density at radius 1 is 1.42 bits per heavy atom. The van der Waals surface area contributed by atoms with Crippen LogP contribution in [0.15, 0.2) is 18.2 Å². The first kappa shape index (κ1) is 16.0. The fourth-order valence-electron chi connectivity index (χ4n) is 1.48. The van der Waals surface area contributed by atoms with Crippen molar-refractivity contribution in [3.05, 3.63) is 31.9 Å². The summed E-state index contributed by atoms with van der Waals surface area (Å²) >= 11 is 1.69. The molecule has 0 aliphatic carbocycles. The van der Waals surface area contributed by atoms with Crippen molar-refractivity contribution in [1.29, 1.82) is 0 Å². The number of aliphatic hydroxyl groups is 1. The van der Waals surface area contributed by atoms with E-state index >= 15 is 0 Å². The predicted octanol–water partition coefficient (Wildman–Crippen LogP) is 2.56. The first-order chi connectivity index (χ1) is 8.74. The van der Waals surface area contributed by atoms with Crippen LogP contribution in [0.5, 0.6) is 0 Å². The van der Waals surface area contributed by atoms with Gasteiger partial charge in [-0.15, -0.1) is 0 Å². The van der Waals surface area contributed by atoms with E-state index < -0.39 is 24.3 Å². The van der Waals surface area contributed by atoms with Crippen molar-refractivity contribution in [2.75, 3.05) is 24.6 Å². The van der Waals surface area contributed by atoms with Crippen LogP contribution in [0, 0.1) is 13.7 Å². The highest BCUT2D eigenvalue weighted by molar-refractivity contribution is 14.1. The van der Waals surface area contributed by atoms with Crippen molar-refractivity contribution in [1.82, 2.24) is 0 Å². The minimum absolute atomic E-state index is 0.166. The highest BCUT2D eigenvalue weighted by Gasteiger charge is 2.31. The Kier molecular flexibility index (Phi) is 5.35. The Morgan fingerprint density at radius 3 is 2.47 bits per heavy atom. The molecule has 0 amide bonds. The third-order valence-electron chi connectivity index (χ3n) is 2.23. The number of hydrogen-bond acceptors (Lipinski definition) is 4. The second kappa shape index (κ2) is 6.37. The van der Waals surface area contributed by atoms with Gasteiger partial charge in [0.1, 0.15) is 6.54 Å². The van der Waals surface area contributed by atoms with Gasteiger partial charge in [0.2, 0.25) is 0 Å². The molecule has 5 nitrogen and oxygen atoms in total. The van der Waals surface area contributed by atoms with Crippen molar-refractivity contribution in [3.8, 4) is 0 Å². The van der Waals surface area contributed by atoms with Gasteiger partial charge >= 0.3 is 6.18 Å². The number of hydrogen-bond donors (Lipinski definition) is 1.